The summed E-state index contributed by atoms with van der Waals surface area (Å²) < 4.78 is 23.0. The van der Waals surface area contributed by atoms with Crippen LogP contribution in [-0.2, 0) is 23.7 Å². The Bertz CT molecular complexity index is 2130. The van der Waals surface area contributed by atoms with Crippen LogP contribution in [0.25, 0.3) is 0 Å². The van der Waals surface area contributed by atoms with Crippen molar-refractivity contribution < 1.29 is 64.6 Å². The number of amides is 1. The summed E-state index contributed by atoms with van der Waals surface area (Å²) in [5.41, 5.74) is 0. The maximum absolute atomic E-state index is 13.4. The highest BCUT2D eigenvalue weighted by Gasteiger charge is 2.51. The van der Waals surface area contributed by atoms with E-state index < -0.39 is 86.8 Å². The first-order valence-corrected chi connectivity index (χ1v) is 45.3. The predicted octanol–water partition coefficient (Wildman–Crippen LogP) is 22.2. The number of carbonyl (C=O) groups is 1. The van der Waals surface area contributed by atoms with Gasteiger partial charge < -0.3 is 65.1 Å². The molecule has 0 aliphatic carbocycles. The lowest BCUT2D eigenvalue weighted by Gasteiger charge is -2.46. The summed E-state index contributed by atoms with van der Waals surface area (Å²) in [4.78, 5) is 13.4. The average Bonchev–Trinajstić information content (AvgIpc) is 0.789. The molecule has 2 rings (SSSR count). The number of aliphatic hydroxyl groups is 8. The molecule has 14 heteroatoms. The molecule has 0 aromatic rings. The third kappa shape index (κ3) is 57.8. The molecule has 0 bridgehead atoms. The number of allylic oxidation sites excluding steroid dienone is 13. The standard InChI is InChI=1S/C93H169NO13/c1-3-5-7-9-11-13-15-17-19-21-23-25-27-29-31-33-35-37-38-39-40-41-42-43-44-45-47-49-51-53-55-57-59-61-63-65-67-69-71-73-75-77-85(98)94-81(80-104-92-90(103)88(101)91(84(79-96)106-92)107-93-89(102)87(100)86(99)83(78-95)105-93)82(97)76-74-72-70-68-66-64-62-60-58-56-54-52-50-48-46-36-34-32-30-28-26-24-22-20-18-16-14-12-10-8-6-4-2/h5,7,11,13,17,19,23,25,29,31,35,37,74,76,81-84,86-93,95-97,99-103H,3-4,6,8-10,12,14-16,18,20-22,24,26-28,30,32-34,36,38-73,75,77-80H2,1-2H3,(H,94,98)/b7-5-,13-11-,19-17-,25-23-,31-29-,37-35-,76-74+. The van der Waals surface area contributed by atoms with Gasteiger partial charge in [-0.05, 0) is 70.6 Å². The van der Waals surface area contributed by atoms with Crippen molar-refractivity contribution in [1.29, 1.82) is 0 Å². The van der Waals surface area contributed by atoms with Crippen LogP contribution in [0.3, 0.4) is 0 Å². The first kappa shape index (κ1) is 100. The van der Waals surface area contributed by atoms with E-state index in [9.17, 15) is 45.6 Å². The van der Waals surface area contributed by atoms with Crippen LogP contribution in [0.15, 0.2) is 85.1 Å². The third-order valence-electron chi connectivity index (χ3n) is 21.8. The number of unbranched alkanes of at least 4 members (excludes halogenated alkanes) is 52. The van der Waals surface area contributed by atoms with Crippen molar-refractivity contribution in [3.05, 3.63) is 85.1 Å². The van der Waals surface area contributed by atoms with E-state index in [0.29, 0.717) is 6.42 Å². The zero-order chi connectivity index (χ0) is 77.2. The number of nitrogens with one attached hydrogen (secondary N) is 1. The molecule has 107 heavy (non-hydrogen) atoms. The second-order valence-electron chi connectivity index (χ2n) is 31.7. The molecular weight excluding hydrogens is 1340 g/mol. The Morgan fingerprint density at radius 2 is 0.645 bits per heavy atom. The number of hydrogen-bond donors (Lipinski definition) is 9. The Kier molecular flexibility index (Phi) is 71.0. The largest absolute Gasteiger partial charge is 0.394 e. The number of aliphatic hydroxyl groups excluding tert-OH is 8. The molecule has 0 spiro atoms. The van der Waals surface area contributed by atoms with Crippen LogP contribution in [-0.4, -0.2) is 140 Å². The summed E-state index contributed by atoms with van der Waals surface area (Å²) >= 11 is 0. The van der Waals surface area contributed by atoms with Crippen LogP contribution in [0.2, 0.25) is 0 Å². The maximum Gasteiger partial charge on any atom is 0.220 e. The van der Waals surface area contributed by atoms with E-state index in [1.807, 2.05) is 6.08 Å². The van der Waals surface area contributed by atoms with Gasteiger partial charge in [-0.2, -0.15) is 0 Å². The number of hydrogen-bond acceptors (Lipinski definition) is 13. The lowest BCUT2D eigenvalue weighted by atomic mass is 9.97. The Morgan fingerprint density at radius 3 is 0.991 bits per heavy atom. The van der Waals surface area contributed by atoms with Gasteiger partial charge in [0.1, 0.15) is 48.8 Å². The topological polar surface area (TPSA) is 228 Å². The molecule has 2 heterocycles. The number of ether oxygens (including phenoxy) is 4. The van der Waals surface area contributed by atoms with Crippen molar-refractivity contribution in [3.63, 3.8) is 0 Å². The van der Waals surface area contributed by atoms with Gasteiger partial charge in [0.2, 0.25) is 5.91 Å². The zero-order valence-corrected chi connectivity index (χ0v) is 68.9. The van der Waals surface area contributed by atoms with E-state index in [1.165, 1.54) is 302 Å². The highest BCUT2D eigenvalue weighted by molar-refractivity contribution is 5.76. The van der Waals surface area contributed by atoms with Gasteiger partial charge in [-0.25, -0.2) is 0 Å². The minimum absolute atomic E-state index is 0.232. The van der Waals surface area contributed by atoms with E-state index in [-0.39, 0.29) is 18.9 Å². The van der Waals surface area contributed by atoms with Gasteiger partial charge in [0.25, 0.3) is 0 Å². The molecule has 9 N–H and O–H groups in total. The second-order valence-corrected chi connectivity index (χ2v) is 31.7. The lowest BCUT2D eigenvalue weighted by Crippen LogP contribution is -2.65. The van der Waals surface area contributed by atoms with E-state index in [4.69, 9.17) is 18.9 Å². The minimum Gasteiger partial charge on any atom is -0.394 e. The fraction of sp³-hybridized carbons (Fsp3) is 0.839. The van der Waals surface area contributed by atoms with Crippen LogP contribution in [0.5, 0.6) is 0 Å². The molecule has 0 radical (unpaired) electrons. The minimum atomic E-state index is -1.79. The third-order valence-corrected chi connectivity index (χ3v) is 21.8. The van der Waals surface area contributed by atoms with Crippen LogP contribution in [0.1, 0.15) is 406 Å². The molecule has 2 fully saturated rings. The van der Waals surface area contributed by atoms with Gasteiger partial charge in [-0.1, -0.05) is 414 Å². The van der Waals surface area contributed by atoms with Crippen LogP contribution < -0.4 is 5.32 Å². The molecule has 0 aromatic heterocycles. The maximum atomic E-state index is 13.4. The predicted molar refractivity (Wildman–Crippen MR) is 447 cm³/mol. The van der Waals surface area contributed by atoms with Crippen LogP contribution in [0.4, 0.5) is 0 Å². The molecule has 0 saturated carbocycles. The Labute approximate surface area is 656 Å². The lowest BCUT2D eigenvalue weighted by molar-refractivity contribution is -0.359. The summed E-state index contributed by atoms with van der Waals surface area (Å²) in [6.45, 7) is 2.75. The van der Waals surface area contributed by atoms with Gasteiger partial charge in [-0.15, -0.1) is 0 Å². The van der Waals surface area contributed by atoms with Crippen molar-refractivity contribution >= 4 is 5.91 Å². The highest BCUT2D eigenvalue weighted by atomic mass is 16.7. The quantitative estimate of drug-likeness (QED) is 0.0204. The second kappa shape index (κ2) is 75.8. The Morgan fingerprint density at radius 1 is 0.346 bits per heavy atom. The monoisotopic (exact) mass is 1510 g/mol. The van der Waals surface area contributed by atoms with E-state index >= 15 is 0 Å². The fourth-order valence-corrected chi connectivity index (χ4v) is 14.8. The molecule has 12 unspecified atom stereocenters. The normalized spacial score (nSPS) is 21.6. The van der Waals surface area contributed by atoms with Gasteiger partial charge in [-0.3, -0.25) is 4.79 Å². The molecule has 0 aromatic carbocycles. The van der Waals surface area contributed by atoms with Crippen LogP contribution in [0, 0.1) is 0 Å². The van der Waals surface area contributed by atoms with Crippen molar-refractivity contribution in [2.75, 3.05) is 19.8 Å². The van der Waals surface area contributed by atoms with Crippen molar-refractivity contribution in [2.45, 2.75) is 479 Å². The Hall–Kier alpha value is -2.83. The van der Waals surface area contributed by atoms with Gasteiger partial charge in [0.15, 0.2) is 12.6 Å². The van der Waals surface area contributed by atoms with E-state index in [0.717, 1.165) is 77.0 Å². The first-order valence-electron chi connectivity index (χ1n) is 45.3. The van der Waals surface area contributed by atoms with E-state index in [2.05, 4.69) is 92.1 Å². The molecule has 2 aliphatic heterocycles. The van der Waals surface area contributed by atoms with Crippen LogP contribution >= 0.6 is 0 Å². The van der Waals surface area contributed by atoms with Gasteiger partial charge in [0.05, 0.1) is 32.0 Å². The van der Waals surface area contributed by atoms with E-state index in [1.54, 1.807) is 6.08 Å². The van der Waals surface area contributed by atoms with Crippen molar-refractivity contribution in [1.82, 2.24) is 5.32 Å². The summed E-state index contributed by atoms with van der Waals surface area (Å²) in [6, 6.07) is -0.919. The summed E-state index contributed by atoms with van der Waals surface area (Å²) in [5.74, 6) is -0.232. The van der Waals surface area contributed by atoms with Crippen molar-refractivity contribution in [3.8, 4) is 0 Å². The molecule has 2 saturated heterocycles. The average molecular weight is 1510 g/mol. The molecule has 14 nitrogen and oxygen atoms in total. The van der Waals surface area contributed by atoms with Crippen molar-refractivity contribution in [2.24, 2.45) is 0 Å². The summed E-state index contributed by atoms with van der Waals surface area (Å²) in [6.07, 6.45) is 91.3. The molecule has 2 aliphatic rings. The summed E-state index contributed by atoms with van der Waals surface area (Å²) in [5, 5.41) is 87.9. The molecular formula is C93H169NO13. The molecule has 624 valence electrons. The summed E-state index contributed by atoms with van der Waals surface area (Å²) in [7, 11) is 0. The SMILES string of the molecule is CC/C=C\C/C=C\C/C=C\C/C=C\C/C=C\C/C=C\CCCCCCCCCCCCCCCCCCCCCCCCC(=O)NC(COC1OC(CO)C(OC2OC(CO)C(O)C(O)C2O)C(O)C1O)C(O)/C=C/CCCCCCCCCCCCCCCCCCCCCCCCCCCCCCCC. The Balaban J connectivity index is 1.56. The zero-order valence-electron chi connectivity index (χ0n) is 68.9. The molecule has 12 atom stereocenters. The first-order chi connectivity index (χ1) is 52.6. The smallest absolute Gasteiger partial charge is 0.220 e. The van der Waals surface area contributed by atoms with Gasteiger partial charge in [0, 0.05) is 6.42 Å². The fourth-order valence-electron chi connectivity index (χ4n) is 14.8. The number of rotatable bonds is 77. The molecule has 1 amide bonds. The number of carbonyl (C=O) groups excluding carboxylic acids is 1. The highest BCUT2D eigenvalue weighted by Crippen LogP contribution is 2.31. The van der Waals surface area contributed by atoms with Gasteiger partial charge >= 0.3 is 0 Å².